The van der Waals surface area contributed by atoms with Crippen LogP contribution < -0.4 is 10.7 Å². The van der Waals surface area contributed by atoms with Gasteiger partial charge in [0, 0.05) is 0 Å². The molecule has 2 rings (SSSR count). The van der Waals surface area contributed by atoms with Gasteiger partial charge in [0.2, 0.25) is 0 Å². The van der Waals surface area contributed by atoms with Gasteiger partial charge in [0.05, 0.1) is 11.4 Å². The molecule has 0 unspecified atom stereocenters. The maximum absolute atomic E-state index is 13.4. The van der Waals surface area contributed by atoms with E-state index in [2.05, 4.69) is 15.8 Å². The minimum atomic E-state index is -0.388. The number of halogens is 1. The van der Waals surface area contributed by atoms with Gasteiger partial charge in [-0.15, -0.1) is 0 Å². The zero-order chi connectivity index (χ0) is 15.2. The SMILES string of the molecule is C/C(=N\NC(=S)Nc1ccccc1F)c1ccc(O)cc1. The van der Waals surface area contributed by atoms with E-state index in [1.807, 2.05) is 0 Å². The van der Waals surface area contributed by atoms with E-state index in [1.54, 1.807) is 49.4 Å². The number of rotatable bonds is 3. The molecule has 2 aromatic carbocycles. The quantitative estimate of drug-likeness (QED) is 0.463. The normalized spacial score (nSPS) is 11.0. The van der Waals surface area contributed by atoms with Crippen molar-refractivity contribution in [2.45, 2.75) is 6.92 Å². The predicted octanol–water partition coefficient (Wildman–Crippen LogP) is 3.24. The van der Waals surface area contributed by atoms with E-state index in [0.29, 0.717) is 5.71 Å². The van der Waals surface area contributed by atoms with Crippen LogP contribution >= 0.6 is 12.2 Å². The number of phenolic OH excluding ortho intramolecular Hbond substituents is 1. The number of para-hydroxylation sites is 1. The van der Waals surface area contributed by atoms with Crippen LogP contribution in [0.3, 0.4) is 0 Å². The van der Waals surface area contributed by atoms with E-state index >= 15 is 0 Å². The standard InChI is InChI=1S/C15H14FN3OS/c1-10(11-6-8-12(20)9-7-11)18-19-15(21)17-14-5-3-2-4-13(14)16/h2-9,20H,1H3,(H2,17,19,21)/b18-10+. The molecule has 0 radical (unpaired) electrons. The van der Waals surface area contributed by atoms with Crippen LogP contribution in [0.5, 0.6) is 5.75 Å². The Morgan fingerprint density at radius 2 is 1.81 bits per heavy atom. The van der Waals surface area contributed by atoms with Crippen molar-refractivity contribution in [2.24, 2.45) is 5.10 Å². The van der Waals surface area contributed by atoms with Crippen LogP contribution in [0.25, 0.3) is 0 Å². The molecule has 0 atom stereocenters. The fourth-order valence-corrected chi connectivity index (χ4v) is 1.77. The van der Waals surface area contributed by atoms with Crippen LogP contribution in [-0.4, -0.2) is 15.9 Å². The highest BCUT2D eigenvalue weighted by Crippen LogP contribution is 2.12. The summed E-state index contributed by atoms with van der Waals surface area (Å²) in [6.07, 6.45) is 0. The van der Waals surface area contributed by atoms with Gasteiger partial charge in [-0.3, -0.25) is 5.43 Å². The van der Waals surface area contributed by atoms with Gasteiger partial charge in [-0.1, -0.05) is 12.1 Å². The topological polar surface area (TPSA) is 56.7 Å². The molecule has 0 aromatic heterocycles. The third kappa shape index (κ3) is 4.25. The number of benzene rings is 2. The van der Waals surface area contributed by atoms with Gasteiger partial charge in [-0.25, -0.2) is 4.39 Å². The van der Waals surface area contributed by atoms with Gasteiger partial charge in [0.1, 0.15) is 11.6 Å². The lowest BCUT2D eigenvalue weighted by molar-refractivity contribution is 0.475. The molecule has 0 heterocycles. The molecular weight excluding hydrogens is 289 g/mol. The lowest BCUT2D eigenvalue weighted by Gasteiger charge is -2.08. The van der Waals surface area contributed by atoms with E-state index in [4.69, 9.17) is 12.2 Å². The second-order valence-corrected chi connectivity index (χ2v) is 4.70. The first kappa shape index (κ1) is 14.9. The Balaban J connectivity index is 1.98. The number of anilines is 1. The maximum Gasteiger partial charge on any atom is 0.191 e. The predicted molar refractivity (Wildman–Crippen MR) is 86.1 cm³/mol. The summed E-state index contributed by atoms with van der Waals surface area (Å²) in [5, 5.41) is 16.3. The molecule has 21 heavy (non-hydrogen) atoms. The summed E-state index contributed by atoms with van der Waals surface area (Å²) in [4.78, 5) is 0. The van der Waals surface area contributed by atoms with Crippen LogP contribution in [0.4, 0.5) is 10.1 Å². The van der Waals surface area contributed by atoms with Crippen molar-refractivity contribution in [1.29, 1.82) is 0 Å². The molecule has 0 fully saturated rings. The largest absolute Gasteiger partial charge is 0.508 e. The molecule has 0 amide bonds. The molecule has 108 valence electrons. The van der Waals surface area contributed by atoms with Gasteiger partial charge in [-0.05, 0) is 61.1 Å². The van der Waals surface area contributed by atoms with Crippen molar-refractivity contribution in [3.63, 3.8) is 0 Å². The Bertz CT molecular complexity index is 671. The highest BCUT2D eigenvalue weighted by atomic mass is 32.1. The molecule has 0 aliphatic rings. The fraction of sp³-hybridized carbons (Fsp3) is 0.0667. The number of hydrazone groups is 1. The molecule has 0 aliphatic heterocycles. The molecule has 6 heteroatoms. The Kier molecular flexibility index (Phi) is 4.84. The monoisotopic (exact) mass is 303 g/mol. The van der Waals surface area contributed by atoms with Crippen LogP contribution in [0.1, 0.15) is 12.5 Å². The van der Waals surface area contributed by atoms with Crippen molar-refractivity contribution >= 4 is 28.7 Å². The molecule has 0 aliphatic carbocycles. The smallest absolute Gasteiger partial charge is 0.191 e. The fourth-order valence-electron chi connectivity index (χ4n) is 1.61. The highest BCUT2D eigenvalue weighted by molar-refractivity contribution is 7.80. The summed E-state index contributed by atoms with van der Waals surface area (Å²) in [5.74, 6) is -0.197. The molecular formula is C15H14FN3OS. The summed E-state index contributed by atoms with van der Waals surface area (Å²) in [7, 11) is 0. The second kappa shape index (κ2) is 6.81. The van der Waals surface area contributed by atoms with Crippen molar-refractivity contribution in [3.8, 4) is 5.75 Å². The number of hydrogen-bond donors (Lipinski definition) is 3. The van der Waals surface area contributed by atoms with E-state index in [1.165, 1.54) is 6.07 Å². The second-order valence-electron chi connectivity index (χ2n) is 4.29. The van der Waals surface area contributed by atoms with E-state index < -0.39 is 0 Å². The summed E-state index contributed by atoms with van der Waals surface area (Å²) < 4.78 is 13.4. The third-order valence-electron chi connectivity index (χ3n) is 2.73. The number of thiocarbonyl (C=S) groups is 1. The first-order chi connectivity index (χ1) is 10.1. The first-order valence-corrected chi connectivity index (χ1v) is 6.62. The van der Waals surface area contributed by atoms with Crippen LogP contribution in [-0.2, 0) is 0 Å². The molecule has 0 saturated carbocycles. The lowest BCUT2D eigenvalue weighted by atomic mass is 10.1. The minimum absolute atomic E-state index is 0.191. The molecule has 0 saturated heterocycles. The Morgan fingerprint density at radius 3 is 2.48 bits per heavy atom. The Morgan fingerprint density at radius 1 is 1.14 bits per heavy atom. The number of phenols is 1. The van der Waals surface area contributed by atoms with Gasteiger partial charge in [0.25, 0.3) is 0 Å². The summed E-state index contributed by atoms with van der Waals surface area (Å²) in [6, 6.07) is 12.9. The van der Waals surface area contributed by atoms with Gasteiger partial charge in [-0.2, -0.15) is 5.10 Å². The zero-order valence-corrected chi connectivity index (χ0v) is 12.1. The van der Waals surface area contributed by atoms with E-state index in [9.17, 15) is 9.50 Å². The summed E-state index contributed by atoms with van der Waals surface area (Å²) in [6.45, 7) is 1.80. The molecule has 2 aromatic rings. The maximum atomic E-state index is 13.4. The minimum Gasteiger partial charge on any atom is -0.508 e. The zero-order valence-electron chi connectivity index (χ0n) is 11.3. The number of hydrogen-bond acceptors (Lipinski definition) is 3. The highest BCUT2D eigenvalue weighted by Gasteiger charge is 2.03. The molecule has 0 bridgehead atoms. The van der Waals surface area contributed by atoms with E-state index in [-0.39, 0.29) is 22.4 Å². The molecule has 4 nitrogen and oxygen atoms in total. The van der Waals surface area contributed by atoms with Gasteiger partial charge < -0.3 is 10.4 Å². The summed E-state index contributed by atoms with van der Waals surface area (Å²) >= 11 is 5.05. The Hall–Kier alpha value is -2.47. The number of nitrogens with one attached hydrogen (secondary N) is 2. The van der Waals surface area contributed by atoms with Gasteiger partial charge >= 0.3 is 0 Å². The van der Waals surface area contributed by atoms with Gasteiger partial charge in [0.15, 0.2) is 5.11 Å². The first-order valence-electron chi connectivity index (χ1n) is 6.21. The lowest BCUT2D eigenvalue weighted by Crippen LogP contribution is -2.25. The van der Waals surface area contributed by atoms with Crippen molar-refractivity contribution in [3.05, 3.63) is 59.9 Å². The molecule has 3 N–H and O–H groups in total. The van der Waals surface area contributed by atoms with Crippen LogP contribution in [0.2, 0.25) is 0 Å². The van der Waals surface area contributed by atoms with Crippen LogP contribution in [0.15, 0.2) is 53.6 Å². The number of nitrogens with zero attached hydrogens (tertiary/aromatic N) is 1. The average Bonchev–Trinajstić information content (AvgIpc) is 2.48. The van der Waals surface area contributed by atoms with E-state index in [0.717, 1.165) is 5.56 Å². The van der Waals surface area contributed by atoms with Crippen molar-refractivity contribution in [2.75, 3.05) is 5.32 Å². The third-order valence-corrected chi connectivity index (χ3v) is 2.93. The van der Waals surface area contributed by atoms with Crippen LogP contribution in [0, 0.1) is 5.82 Å². The molecule has 0 spiro atoms. The Labute approximate surface area is 127 Å². The van der Waals surface area contributed by atoms with Crippen molar-refractivity contribution < 1.29 is 9.50 Å². The average molecular weight is 303 g/mol. The van der Waals surface area contributed by atoms with Crippen molar-refractivity contribution in [1.82, 2.24) is 5.43 Å². The number of aromatic hydroxyl groups is 1. The summed E-state index contributed by atoms with van der Waals surface area (Å²) in [5.41, 5.74) is 4.46.